The van der Waals surface area contributed by atoms with E-state index < -0.39 is 11.4 Å². The van der Waals surface area contributed by atoms with Gasteiger partial charge in [-0.25, -0.2) is 4.98 Å². The minimum absolute atomic E-state index is 0.135. The Balaban J connectivity index is 1.26. The van der Waals surface area contributed by atoms with Crippen molar-refractivity contribution < 1.29 is 9.18 Å². The monoisotopic (exact) mass is 423 g/mol. The second kappa shape index (κ2) is 7.60. The van der Waals surface area contributed by atoms with Crippen LogP contribution in [0.3, 0.4) is 0 Å². The molecule has 2 saturated heterocycles. The molecular formula is C21H22FN7O2. The van der Waals surface area contributed by atoms with Crippen molar-refractivity contribution >= 4 is 11.9 Å². The number of amides is 1. The number of anilines is 1. The van der Waals surface area contributed by atoms with Gasteiger partial charge in [0.05, 0.1) is 17.6 Å². The van der Waals surface area contributed by atoms with Gasteiger partial charge in [-0.2, -0.15) is 14.3 Å². The normalized spacial score (nSPS) is 20.3. The third-order valence-corrected chi connectivity index (χ3v) is 6.02. The van der Waals surface area contributed by atoms with Crippen molar-refractivity contribution in [3.63, 3.8) is 0 Å². The van der Waals surface area contributed by atoms with Crippen LogP contribution in [0, 0.1) is 17.7 Å². The molecule has 0 spiro atoms. The maximum Gasteiger partial charge on any atom is 0.288 e. The molecule has 2 fully saturated rings. The van der Waals surface area contributed by atoms with Gasteiger partial charge in [0.25, 0.3) is 11.5 Å². The van der Waals surface area contributed by atoms with E-state index in [4.69, 9.17) is 0 Å². The van der Waals surface area contributed by atoms with Crippen LogP contribution in [0.15, 0.2) is 41.3 Å². The topological polar surface area (TPSA) is 100 Å². The smallest absolute Gasteiger partial charge is 0.288 e. The van der Waals surface area contributed by atoms with E-state index >= 15 is 0 Å². The minimum atomic E-state index is -0.814. The molecule has 1 aromatic carbocycles. The molecule has 5 rings (SSSR count). The third-order valence-electron chi connectivity index (χ3n) is 6.02. The van der Waals surface area contributed by atoms with Gasteiger partial charge in [0, 0.05) is 38.0 Å². The maximum atomic E-state index is 13.8. The number of para-hydroxylation sites is 1. The summed E-state index contributed by atoms with van der Waals surface area (Å²) in [6, 6.07) is 9.44. The number of aryl methyl sites for hydroxylation is 1. The Bertz CT molecular complexity index is 1160. The molecule has 1 amide bonds. The highest BCUT2D eigenvalue weighted by molar-refractivity contribution is 5.92. The Kier molecular flexibility index (Phi) is 4.76. The number of carbonyl (C=O) groups is 1. The number of hydrogen-bond donors (Lipinski definition) is 1. The number of halogens is 1. The van der Waals surface area contributed by atoms with Crippen molar-refractivity contribution in [2.24, 2.45) is 11.8 Å². The number of likely N-dealkylation sites (tertiary alicyclic amines) is 1. The standard InChI is InChI=1S/C21H22FN7O2/c1-2-16-18(22)19(30)25-21(24-16)28-11-13-9-27(10-14(13)12-28)20(31)17-8-23-29(26-17)15-6-4-3-5-7-15/h3-8,13-14H,2,9-12H2,1H3,(H,24,25,30). The van der Waals surface area contributed by atoms with Gasteiger partial charge in [0.15, 0.2) is 5.69 Å². The van der Waals surface area contributed by atoms with Gasteiger partial charge in [-0.1, -0.05) is 25.1 Å². The van der Waals surface area contributed by atoms with Crippen molar-refractivity contribution in [1.82, 2.24) is 29.9 Å². The summed E-state index contributed by atoms with van der Waals surface area (Å²) in [6.45, 7) is 4.28. The molecular weight excluding hydrogens is 401 g/mol. The number of benzene rings is 1. The lowest BCUT2D eigenvalue weighted by atomic mass is 10.0. The van der Waals surface area contributed by atoms with Crippen molar-refractivity contribution in [1.29, 1.82) is 0 Å². The molecule has 31 heavy (non-hydrogen) atoms. The fourth-order valence-electron chi connectivity index (χ4n) is 4.42. The van der Waals surface area contributed by atoms with Gasteiger partial charge in [-0.05, 0) is 18.6 Å². The Morgan fingerprint density at radius 1 is 1.16 bits per heavy atom. The van der Waals surface area contributed by atoms with Crippen molar-refractivity contribution in [2.75, 3.05) is 31.1 Å². The summed E-state index contributed by atoms with van der Waals surface area (Å²) in [7, 11) is 0. The zero-order chi connectivity index (χ0) is 21.5. The number of aromatic nitrogens is 5. The van der Waals surface area contributed by atoms with Crippen LogP contribution in [0.25, 0.3) is 5.69 Å². The zero-order valence-electron chi connectivity index (χ0n) is 17.0. The van der Waals surface area contributed by atoms with Crippen LogP contribution in [0.1, 0.15) is 23.1 Å². The fraction of sp³-hybridized carbons (Fsp3) is 0.381. The fourth-order valence-corrected chi connectivity index (χ4v) is 4.42. The van der Waals surface area contributed by atoms with E-state index in [0.717, 1.165) is 5.69 Å². The average Bonchev–Trinajstić information content (AvgIpc) is 3.51. The van der Waals surface area contributed by atoms with Gasteiger partial charge in [0.2, 0.25) is 11.8 Å². The number of nitrogens with zero attached hydrogens (tertiary/aromatic N) is 6. The van der Waals surface area contributed by atoms with E-state index in [9.17, 15) is 14.0 Å². The molecule has 9 nitrogen and oxygen atoms in total. The van der Waals surface area contributed by atoms with Gasteiger partial charge in [-0.3, -0.25) is 14.6 Å². The highest BCUT2D eigenvalue weighted by atomic mass is 19.1. The molecule has 160 valence electrons. The second-order valence-corrected chi connectivity index (χ2v) is 7.99. The highest BCUT2D eigenvalue weighted by Crippen LogP contribution is 2.33. The summed E-state index contributed by atoms with van der Waals surface area (Å²) in [5.41, 5.74) is 0.548. The number of fused-ring (bicyclic) bond motifs is 1. The van der Waals surface area contributed by atoms with Gasteiger partial charge in [-0.15, -0.1) is 5.10 Å². The average molecular weight is 423 g/mol. The van der Waals surface area contributed by atoms with Crippen LogP contribution in [0.5, 0.6) is 0 Å². The first-order valence-electron chi connectivity index (χ1n) is 10.3. The van der Waals surface area contributed by atoms with E-state index in [1.165, 1.54) is 11.0 Å². The van der Waals surface area contributed by atoms with Crippen LogP contribution in [0.2, 0.25) is 0 Å². The summed E-state index contributed by atoms with van der Waals surface area (Å²) in [5.74, 6) is -0.0286. The maximum absolute atomic E-state index is 13.8. The molecule has 0 saturated carbocycles. The van der Waals surface area contributed by atoms with Gasteiger partial charge in [0.1, 0.15) is 0 Å². The van der Waals surface area contributed by atoms with Crippen LogP contribution >= 0.6 is 0 Å². The summed E-state index contributed by atoms with van der Waals surface area (Å²) < 4.78 is 13.8. The molecule has 2 aromatic heterocycles. The molecule has 3 aromatic rings. The minimum Gasteiger partial charge on any atom is -0.342 e. The molecule has 0 bridgehead atoms. The first-order valence-corrected chi connectivity index (χ1v) is 10.3. The number of rotatable bonds is 4. The molecule has 2 aliphatic rings. The van der Waals surface area contributed by atoms with Crippen LogP contribution in [-0.4, -0.2) is 61.9 Å². The Morgan fingerprint density at radius 2 is 1.87 bits per heavy atom. The first-order chi connectivity index (χ1) is 15.0. The summed E-state index contributed by atoms with van der Waals surface area (Å²) in [5, 5.41) is 8.55. The predicted octanol–water partition coefficient (Wildman–Crippen LogP) is 1.26. The van der Waals surface area contributed by atoms with Gasteiger partial charge < -0.3 is 9.80 Å². The second-order valence-electron chi connectivity index (χ2n) is 7.99. The van der Waals surface area contributed by atoms with Crippen molar-refractivity contribution in [3.05, 3.63) is 64.1 Å². The Labute approximate surface area is 177 Å². The SMILES string of the molecule is CCc1nc(N2CC3CN(C(=O)c4cnn(-c5ccccc5)n4)CC3C2)[nH]c(=O)c1F. The zero-order valence-corrected chi connectivity index (χ0v) is 17.0. The molecule has 2 atom stereocenters. The Hall–Kier alpha value is -3.56. The molecule has 0 radical (unpaired) electrons. The number of carbonyl (C=O) groups excluding carboxylic acids is 1. The van der Waals surface area contributed by atoms with Crippen molar-refractivity contribution in [2.45, 2.75) is 13.3 Å². The van der Waals surface area contributed by atoms with Crippen LogP contribution in [-0.2, 0) is 6.42 Å². The number of nitrogens with one attached hydrogen (secondary N) is 1. The van der Waals surface area contributed by atoms with E-state index in [2.05, 4.69) is 20.2 Å². The lowest BCUT2D eigenvalue weighted by Crippen LogP contribution is -2.34. The summed E-state index contributed by atoms with van der Waals surface area (Å²) in [4.78, 5) is 36.9. The Morgan fingerprint density at radius 3 is 2.55 bits per heavy atom. The molecule has 1 N–H and O–H groups in total. The summed E-state index contributed by atoms with van der Waals surface area (Å²) >= 11 is 0. The molecule has 4 heterocycles. The quantitative estimate of drug-likeness (QED) is 0.678. The first kappa shape index (κ1) is 19.4. The van der Waals surface area contributed by atoms with E-state index in [0.29, 0.717) is 44.2 Å². The van der Waals surface area contributed by atoms with E-state index in [1.807, 2.05) is 40.1 Å². The lowest BCUT2D eigenvalue weighted by molar-refractivity contribution is 0.0776. The largest absolute Gasteiger partial charge is 0.342 e. The highest BCUT2D eigenvalue weighted by Gasteiger charge is 2.43. The molecule has 10 heteroatoms. The van der Waals surface area contributed by atoms with Crippen molar-refractivity contribution in [3.8, 4) is 5.69 Å². The number of hydrogen-bond acceptors (Lipinski definition) is 6. The molecule has 2 aliphatic heterocycles. The van der Waals surface area contributed by atoms with E-state index in [-0.39, 0.29) is 23.4 Å². The number of H-pyrrole nitrogens is 1. The van der Waals surface area contributed by atoms with Gasteiger partial charge >= 0.3 is 0 Å². The lowest BCUT2D eigenvalue weighted by Gasteiger charge is -2.22. The predicted molar refractivity (Wildman–Crippen MR) is 111 cm³/mol. The van der Waals surface area contributed by atoms with Crippen LogP contribution in [0.4, 0.5) is 10.3 Å². The van der Waals surface area contributed by atoms with Crippen LogP contribution < -0.4 is 10.5 Å². The molecule has 0 aliphatic carbocycles. The number of aromatic amines is 1. The third kappa shape index (κ3) is 3.47. The van der Waals surface area contributed by atoms with E-state index in [1.54, 1.807) is 6.92 Å². The molecule has 2 unspecified atom stereocenters. The summed E-state index contributed by atoms with van der Waals surface area (Å²) in [6.07, 6.45) is 1.85.